The number of nitrogens with two attached hydrogens (primary N) is 3. The van der Waals surface area contributed by atoms with Crippen LogP contribution in [0.15, 0.2) is 78.3 Å². The lowest BCUT2D eigenvalue weighted by Gasteiger charge is -2.28. The Morgan fingerprint density at radius 1 is 0.691 bits per heavy atom. The fraction of sp³-hybridized carbons (Fsp3) is 0.526. The molecular weight excluding hydrogens is 1040 g/mol. The van der Waals surface area contributed by atoms with Crippen molar-refractivity contribution in [3.05, 3.63) is 90.1 Å². The van der Waals surface area contributed by atoms with Crippen LogP contribution in [0.3, 0.4) is 0 Å². The van der Waals surface area contributed by atoms with Crippen molar-refractivity contribution >= 4 is 70.0 Å². The van der Waals surface area contributed by atoms with E-state index in [1.165, 1.54) is 12.5 Å². The summed E-state index contributed by atoms with van der Waals surface area (Å²) in [7, 11) is 0. The molecule has 2 aromatic heterocycles. The summed E-state index contributed by atoms with van der Waals surface area (Å²) in [5.41, 5.74) is 19.6. The second kappa shape index (κ2) is 34.0. The van der Waals surface area contributed by atoms with Crippen molar-refractivity contribution < 1.29 is 43.2 Å². The predicted molar refractivity (Wildman–Crippen MR) is 306 cm³/mol. The molecule has 24 heteroatoms. The molecule has 1 saturated heterocycles. The number of carbonyl (C=O) groups excluding carboxylic acids is 9. The highest BCUT2D eigenvalue weighted by atomic mass is 16.2. The van der Waals surface area contributed by atoms with Crippen LogP contribution in [0.4, 0.5) is 0 Å². The number of fused-ring (bicyclic) bond motifs is 1. The number of aromatic nitrogens is 3. The van der Waals surface area contributed by atoms with E-state index in [1.54, 1.807) is 36.5 Å². The van der Waals surface area contributed by atoms with Crippen LogP contribution in [0.5, 0.6) is 0 Å². The van der Waals surface area contributed by atoms with E-state index < -0.39 is 89.6 Å². The van der Waals surface area contributed by atoms with Crippen molar-refractivity contribution in [2.75, 3.05) is 13.1 Å². The smallest absolute Gasteiger partial charge is 0.243 e. The Kier molecular flexibility index (Phi) is 26.6. The molecule has 9 amide bonds. The van der Waals surface area contributed by atoms with Crippen LogP contribution in [0.2, 0.25) is 0 Å². The van der Waals surface area contributed by atoms with E-state index in [9.17, 15) is 43.2 Å². The quantitative estimate of drug-likeness (QED) is 0.0286. The summed E-state index contributed by atoms with van der Waals surface area (Å²) < 4.78 is 0. The van der Waals surface area contributed by atoms with E-state index in [1.807, 2.05) is 31.2 Å². The number of rotatable bonds is 23. The average molecular weight is 1120 g/mol. The van der Waals surface area contributed by atoms with Gasteiger partial charge in [0.15, 0.2) is 5.96 Å². The highest BCUT2D eigenvalue weighted by molar-refractivity contribution is 5.98. The number of primary amides is 1. The minimum Gasteiger partial charge on any atom is -0.370 e. The van der Waals surface area contributed by atoms with Gasteiger partial charge in [0.05, 0.1) is 6.33 Å². The van der Waals surface area contributed by atoms with E-state index in [-0.39, 0.29) is 89.2 Å². The van der Waals surface area contributed by atoms with Crippen molar-refractivity contribution in [1.82, 2.24) is 57.5 Å². The molecule has 2 aromatic carbocycles. The van der Waals surface area contributed by atoms with Crippen LogP contribution in [0.25, 0.3) is 10.9 Å². The summed E-state index contributed by atoms with van der Waals surface area (Å²) >= 11 is 0. The van der Waals surface area contributed by atoms with Gasteiger partial charge in [-0.2, -0.15) is 0 Å². The van der Waals surface area contributed by atoms with E-state index in [0.29, 0.717) is 48.9 Å². The van der Waals surface area contributed by atoms with Crippen LogP contribution >= 0.6 is 0 Å². The van der Waals surface area contributed by atoms with Gasteiger partial charge in [0.2, 0.25) is 53.2 Å². The number of guanidine groups is 1. The zero-order chi connectivity index (χ0) is 58.5. The molecule has 16 N–H and O–H groups in total. The molecule has 24 nitrogen and oxygen atoms in total. The van der Waals surface area contributed by atoms with E-state index >= 15 is 0 Å². The first-order valence-corrected chi connectivity index (χ1v) is 28.3. The van der Waals surface area contributed by atoms with E-state index in [0.717, 1.165) is 36.6 Å². The monoisotopic (exact) mass is 1120 g/mol. The Bertz CT molecular complexity index is 2710. The zero-order valence-corrected chi connectivity index (χ0v) is 46.6. The number of carbonyl (C=O) groups is 9. The molecule has 0 aliphatic carbocycles. The molecule has 3 heterocycles. The van der Waals surface area contributed by atoms with Gasteiger partial charge in [0.1, 0.15) is 42.3 Å². The molecule has 1 aliphatic rings. The van der Waals surface area contributed by atoms with Crippen molar-refractivity contribution in [1.29, 1.82) is 0 Å². The molecule has 0 bridgehead atoms. The van der Waals surface area contributed by atoms with Gasteiger partial charge in [-0.25, -0.2) is 4.98 Å². The second-order valence-corrected chi connectivity index (χ2v) is 20.6. The van der Waals surface area contributed by atoms with Gasteiger partial charge in [-0.15, -0.1) is 0 Å². The molecule has 7 atom stereocenters. The van der Waals surface area contributed by atoms with Crippen LogP contribution in [-0.2, 0) is 62.4 Å². The third-order valence-corrected chi connectivity index (χ3v) is 14.0. The number of aliphatic imine (C=N–C) groups is 1. The van der Waals surface area contributed by atoms with Crippen molar-refractivity contribution in [2.45, 2.75) is 178 Å². The van der Waals surface area contributed by atoms with Gasteiger partial charge in [-0.05, 0) is 68.6 Å². The lowest BCUT2D eigenvalue weighted by molar-refractivity contribution is -0.136. The van der Waals surface area contributed by atoms with Crippen LogP contribution < -0.4 is 59.7 Å². The molecule has 1 fully saturated rings. The van der Waals surface area contributed by atoms with E-state index in [4.69, 9.17) is 17.2 Å². The number of unbranched alkanes of at least 4 members (excludes halogenated alkanes) is 5. The molecule has 81 heavy (non-hydrogen) atoms. The Morgan fingerprint density at radius 3 is 2.05 bits per heavy atom. The Hall–Kier alpha value is -8.31. The lowest BCUT2D eigenvalue weighted by Crippen LogP contribution is -2.61. The standard InChI is InChI=1S/C57H83N15O9/c1-3-5-7-8-12-25-49(74)66-42(21-6-4-2)51(76)69-44-26-27-48(73)62-28-16-15-23-41(50(58)75)67-55(80)46(31-37-33-64-40-22-14-13-20-39(37)40)71-52(77)43(24-17-29-63-57(59)60)68-54(79)45(30-36-18-10-9-11-19-36)70-56(81)47(72-53(44)78)32-38-34-61-35-65-38/h9-11,13-14,18-20,22,33-35,41-47,64H,3-8,12,15-17,21,23-32H2,1-2H3,(H2,58,75)(H,61,65)(H,62,73)(H,66,74)(H,67,80)(H,68,79)(H,69,76)(H,70,81)(H,71,77)(H,72,78)(H4,59,60,63)/t41-,42-,43-,44-,45+,46-,47-/m0/s1. The van der Waals surface area contributed by atoms with Gasteiger partial charge in [0.25, 0.3) is 0 Å². The maximum absolute atomic E-state index is 14.8. The number of benzene rings is 2. The van der Waals surface area contributed by atoms with Crippen molar-refractivity contribution in [3.8, 4) is 0 Å². The maximum atomic E-state index is 14.8. The number of nitrogens with zero attached hydrogens (tertiary/aromatic N) is 2. The number of aromatic amines is 2. The van der Waals surface area contributed by atoms with Crippen molar-refractivity contribution in [3.63, 3.8) is 0 Å². The Labute approximate surface area is 472 Å². The molecule has 4 aromatic rings. The summed E-state index contributed by atoms with van der Waals surface area (Å²) in [4.78, 5) is 141. The van der Waals surface area contributed by atoms with Gasteiger partial charge in [-0.1, -0.05) is 101 Å². The van der Waals surface area contributed by atoms with Crippen LogP contribution in [0.1, 0.15) is 133 Å². The van der Waals surface area contributed by atoms with Gasteiger partial charge in [-0.3, -0.25) is 48.1 Å². The summed E-state index contributed by atoms with van der Waals surface area (Å²) in [5, 5.41) is 23.1. The fourth-order valence-corrected chi connectivity index (χ4v) is 9.47. The number of amides is 9. The number of para-hydroxylation sites is 1. The number of hydrogen-bond acceptors (Lipinski definition) is 11. The zero-order valence-electron chi connectivity index (χ0n) is 46.6. The maximum Gasteiger partial charge on any atom is 0.243 e. The molecule has 0 radical (unpaired) electrons. The molecule has 5 rings (SSSR count). The number of hydrogen-bond donors (Lipinski definition) is 13. The fourth-order valence-electron chi connectivity index (χ4n) is 9.47. The minimum atomic E-state index is -1.42. The first-order valence-electron chi connectivity index (χ1n) is 28.3. The number of nitrogens with one attached hydrogen (secondary N) is 10. The third-order valence-electron chi connectivity index (χ3n) is 14.0. The van der Waals surface area contributed by atoms with Gasteiger partial charge < -0.3 is 69.7 Å². The van der Waals surface area contributed by atoms with Crippen LogP contribution in [-0.4, -0.2) is 129 Å². The first kappa shape index (κ1) is 63.5. The molecule has 0 spiro atoms. The average Bonchev–Trinajstić information content (AvgIpc) is 4.18. The SMILES string of the molecule is CCCCCCCC(=O)N[C@@H](CCCC)C(=O)N[C@H]1CCC(=O)NCCCC[C@@H](C(N)=O)NC(=O)[C@H](Cc2c[nH]c3ccccc23)NC(=O)[C@H](CCCN=C(N)N)NC(=O)[C@@H](Cc2ccccc2)NC(=O)[C@H](Cc2cnc[nH]2)NC1=O. The summed E-state index contributed by atoms with van der Waals surface area (Å²) in [5.74, 6) is -6.43. The summed E-state index contributed by atoms with van der Waals surface area (Å²) in [6.07, 6.45) is 11.0. The van der Waals surface area contributed by atoms with E-state index in [2.05, 4.69) is 69.4 Å². The highest BCUT2D eigenvalue weighted by Gasteiger charge is 2.35. The summed E-state index contributed by atoms with van der Waals surface area (Å²) in [6.45, 7) is 4.25. The van der Waals surface area contributed by atoms with Gasteiger partial charge >= 0.3 is 0 Å². The molecule has 440 valence electrons. The van der Waals surface area contributed by atoms with Crippen molar-refractivity contribution in [2.24, 2.45) is 22.2 Å². The first-order chi connectivity index (χ1) is 39.0. The topological polar surface area (TPSA) is 385 Å². The molecule has 0 saturated carbocycles. The Balaban J connectivity index is 1.52. The lowest BCUT2D eigenvalue weighted by atomic mass is 10.0. The Morgan fingerprint density at radius 2 is 1.35 bits per heavy atom. The number of H-pyrrole nitrogens is 2. The molecular formula is C57H83N15O9. The highest BCUT2D eigenvalue weighted by Crippen LogP contribution is 2.20. The van der Waals surface area contributed by atoms with Gasteiger partial charge in [0, 0.05) is 74.2 Å². The largest absolute Gasteiger partial charge is 0.370 e. The normalized spacial score (nSPS) is 20.7. The number of imidazole rings is 1. The predicted octanol–water partition coefficient (Wildman–Crippen LogP) is 1.48. The van der Waals surface area contributed by atoms with Crippen LogP contribution in [0, 0.1) is 0 Å². The second-order valence-electron chi connectivity index (χ2n) is 20.6. The third kappa shape index (κ3) is 22.0. The molecule has 1 aliphatic heterocycles. The summed E-state index contributed by atoms with van der Waals surface area (Å²) in [6, 6.07) is 7.07. The molecule has 0 unspecified atom stereocenters. The minimum absolute atomic E-state index is 0.0458.